The highest BCUT2D eigenvalue weighted by atomic mass is 32.1. The molecule has 0 radical (unpaired) electrons. The number of nitrogen functional groups attached to an aromatic ring is 1. The largest absolute Gasteiger partial charge is 0.484 e. The van der Waals surface area contributed by atoms with Crippen LogP contribution in [0.5, 0.6) is 5.75 Å². The molecular weight excluding hydrogens is 246 g/mol. The molecule has 3 N–H and O–H groups in total. The molecule has 0 aliphatic heterocycles. The van der Waals surface area contributed by atoms with Gasteiger partial charge in [-0.25, -0.2) is 0 Å². The number of nitrogens with zero attached hydrogens (tertiary/aromatic N) is 1. The molecule has 0 amide bonds. The van der Waals surface area contributed by atoms with Crippen LogP contribution >= 0.6 is 11.5 Å². The third-order valence-corrected chi connectivity index (χ3v) is 4.62. The number of anilines is 2. The minimum atomic E-state index is 0.119. The zero-order chi connectivity index (χ0) is 13.2. The molecule has 5 heteroatoms. The Morgan fingerprint density at radius 3 is 2.72 bits per heavy atom. The average molecular weight is 269 g/mol. The van der Waals surface area contributed by atoms with Gasteiger partial charge in [0, 0.05) is 6.54 Å². The number of rotatable bonds is 6. The average Bonchev–Trinajstić information content (AvgIpc) is 2.60. The van der Waals surface area contributed by atoms with Crippen LogP contribution in [0.25, 0.3) is 0 Å². The molecule has 18 heavy (non-hydrogen) atoms. The minimum Gasteiger partial charge on any atom is -0.484 e. The Hall–Kier alpha value is -0.970. The normalized spacial score (nSPS) is 17.6. The number of ether oxygens (including phenoxy) is 1. The van der Waals surface area contributed by atoms with Gasteiger partial charge in [-0.2, -0.15) is 4.37 Å². The van der Waals surface area contributed by atoms with E-state index in [-0.39, 0.29) is 6.10 Å². The van der Waals surface area contributed by atoms with Gasteiger partial charge in [0.1, 0.15) is 0 Å². The highest BCUT2D eigenvalue weighted by Gasteiger charge is 2.35. The summed E-state index contributed by atoms with van der Waals surface area (Å²) >= 11 is 1.39. The number of nitrogens with one attached hydrogen (secondary N) is 1. The molecule has 1 saturated carbocycles. The summed E-state index contributed by atoms with van der Waals surface area (Å²) in [4.78, 5) is 0. The summed E-state index contributed by atoms with van der Waals surface area (Å²) in [5.41, 5.74) is 6.32. The van der Waals surface area contributed by atoms with Crippen molar-refractivity contribution in [2.45, 2.75) is 52.6 Å². The van der Waals surface area contributed by atoms with E-state index in [1.165, 1.54) is 37.2 Å². The molecule has 102 valence electrons. The highest BCUT2D eigenvalue weighted by Crippen LogP contribution is 2.45. The Morgan fingerprint density at radius 1 is 1.50 bits per heavy atom. The lowest BCUT2D eigenvalue weighted by molar-refractivity contribution is 0.145. The molecule has 0 spiro atoms. The summed E-state index contributed by atoms with van der Waals surface area (Å²) in [6.07, 6.45) is 5.36. The van der Waals surface area contributed by atoms with E-state index in [2.05, 4.69) is 16.6 Å². The lowest BCUT2D eigenvalue weighted by Gasteiger charge is -2.41. The zero-order valence-corrected chi connectivity index (χ0v) is 12.3. The maximum Gasteiger partial charge on any atom is 0.197 e. The van der Waals surface area contributed by atoms with Crippen molar-refractivity contribution in [3.63, 3.8) is 0 Å². The molecule has 0 aromatic carbocycles. The summed E-state index contributed by atoms with van der Waals surface area (Å²) in [6, 6.07) is 0. The summed E-state index contributed by atoms with van der Waals surface area (Å²) in [5, 5.41) is 4.46. The zero-order valence-electron chi connectivity index (χ0n) is 11.5. The second kappa shape index (κ2) is 5.34. The van der Waals surface area contributed by atoms with Gasteiger partial charge in [-0.3, -0.25) is 0 Å². The van der Waals surface area contributed by atoms with Gasteiger partial charge < -0.3 is 15.8 Å². The van der Waals surface area contributed by atoms with Crippen molar-refractivity contribution in [3.8, 4) is 5.75 Å². The lowest BCUT2D eigenvalue weighted by Crippen LogP contribution is -2.35. The minimum absolute atomic E-state index is 0.119. The molecule has 1 aliphatic carbocycles. The van der Waals surface area contributed by atoms with Crippen LogP contribution in [0.1, 0.15) is 46.5 Å². The fraction of sp³-hybridized carbons (Fsp3) is 0.769. The number of hydrogen-bond donors (Lipinski definition) is 2. The van der Waals surface area contributed by atoms with Crippen LogP contribution in [0.2, 0.25) is 0 Å². The Kier molecular flexibility index (Phi) is 4.00. The SMILES string of the molecule is CCC1(CNc2snc(N)c2OC(C)C)CCC1. The van der Waals surface area contributed by atoms with E-state index < -0.39 is 0 Å². The van der Waals surface area contributed by atoms with Crippen LogP contribution in [-0.4, -0.2) is 17.0 Å². The van der Waals surface area contributed by atoms with Crippen LogP contribution < -0.4 is 15.8 Å². The molecule has 1 fully saturated rings. The standard InChI is InChI=1S/C13H23N3OS/c1-4-13(6-5-7-13)8-15-12-10(17-9(2)3)11(14)16-18-12/h9,15H,4-8H2,1-3H3,(H2,14,16). The molecular formula is C13H23N3OS. The van der Waals surface area contributed by atoms with Crippen LogP contribution in [0, 0.1) is 5.41 Å². The maximum atomic E-state index is 5.84. The fourth-order valence-electron chi connectivity index (χ4n) is 2.36. The maximum absolute atomic E-state index is 5.84. The first kappa shape index (κ1) is 13.5. The molecule has 1 aromatic heterocycles. The quantitative estimate of drug-likeness (QED) is 0.829. The fourth-order valence-corrected chi connectivity index (χ4v) is 3.00. The van der Waals surface area contributed by atoms with E-state index in [1.54, 1.807) is 0 Å². The van der Waals surface area contributed by atoms with Crippen LogP contribution in [0.15, 0.2) is 0 Å². The Labute approximate surface area is 113 Å². The van der Waals surface area contributed by atoms with Crippen LogP contribution in [0.3, 0.4) is 0 Å². The first-order chi connectivity index (χ1) is 8.56. The second-order valence-electron chi connectivity index (χ2n) is 5.45. The monoisotopic (exact) mass is 269 g/mol. The predicted molar refractivity (Wildman–Crippen MR) is 77.4 cm³/mol. The van der Waals surface area contributed by atoms with Gasteiger partial charge in [0.05, 0.1) is 6.10 Å². The topological polar surface area (TPSA) is 60.2 Å². The van der Waals surface area contributed by atoms with Crippen LogP contribution in [0.4, 0.5) is 10.8 Å². The Balaban J connectivity index is 2.00. The first-order valence-corrected chi connectivity index (χ1v) is 7.49. The number of hydrogen-bond acceptors (Lipinski definition) is 5. The van der Waals surface area contributed by atoms with E-state index in [0.717, 1.165) is 17.3 Å². The molecule has 0 atom stereocenters. The van der Waals surface area contributed by atoms with Gasteiger partial charge >= 0.3 is 0 Å². The van der Waals surface area contributed by atoms with Crippen LogP contribution in [-0.2, 0) is 0 Å². The van der Waals surface area contributed by atoms with E-state index >= 15 is 0 Å². The molecule has 0 bridgehead atoms. The smallest absolute Gasteiger partial charge is 0.197 e. The molecule has 4 nitrogen and oxygen atoms in total. The van der Waals surface area contributed by atoms with Crippen molar-refractivity contribution in [1.82, 2.24) is 4.37 Å². The molecule has 2 rings (SSSR count). The summed E-state index contributed by atoms with van der Waals surface area (Å²) in [6.45, 7) is 7.27. The summed E-state index contributed by atoms with van der Waals surface area (Å²) < 4.78 is 9.90. The number of nitrogens with two attached hydrogens (primary N) is 1. The molecule has 0 unspecified atom stereocenters. The highest BCUT2D eigenvalue weighted by molar-refractivity contribution is 7.11. The van der Waals surface area contributed by atoms with E-state index in [4.69, 9.17) is 10.5 Å². The second-order valence-corrected chi connectivity index (χ2v) is 6.23. The van der Waals surface area contributed by atoms with Crippen molar-refractivity contribution in [2.24, 2.45) is 5.41 Å². The van der Waals surface area contributed by atoms with Gasteiger partial charge in [-0.15, -0.1) is 0 Å². The summed E-state index contributed by atoms with van der Waals surface area (Å²) in [5.74, 6) is 1.22. The third kappa shape index (κ3) is 2.71. The van der Waals surface area contributed by atoms with Crippen molar-refractivity contribution in [3.05, 3.63) is 0 Å². The number of aromatic nitrogens is 1. The first-order valence-electron chi connectivity index (χ1n) is 6.72. The molecule has 1 heterocycles. The van der Waals surface area contributed by atoms with Gasteiger partial charge in [0.15, 0.2) is 16.6 Å². The van der Waals surface area contributed by atoms with Crippen molar-refractivity contribution >= 4 is 22.4 Å². The Bertz CT molecular complexity index is 393. The van der Waals surface area contributed by atoms with E-state index in [9.17, 15) is 0 Å². The van der Waals surface area contributed by atoms with Crippen molar-refractivity contribution < 1.29 is 4.74 Å². The van der Waals surface area contributed by atoms with Gasteiger partial charge in [0.2, 0.25) is 0 Å². The third-order valence-electron chi connectivity index (χ3n) is 3.82. The lowest BCUT2D eigenvalue weighted by atomic mass is 9.67. The molecule has 1 aliphatic rings. The molecule has 1 aromatic rings. The Morgan fingerprint density at radius 2 is 2.22 bits per heavy atom. The van der Waals surface area contributed by atoms with Gasteiger partial charge in [-0.05, 0) is 50.1 Å². The molecule has 0 saturated heterocycles. The van der Waals surface area contributed by atoms with Crippen molar-refractivity contribution in [1.29, 1.82) is 0 Å². The predicted octanol–water partition coefficient (Wildman–Crippen LogP) is 3.50. The summed E-state index contributed by atoms with van der Waals surface area (Å²) in [7, 11) is 0. The van der Waals surface area contributed by atoms with Gasteiger partial charge in [0.25, 0.3) is 0 Å². The van der Waals surface area contributed by atoms with Gasteiger partial charge in [-0.1, -0.05) is 13.3 Å². The van der Waals surface area contributed by atoms with E-state index in [1.807, 2.05) is 13.8 Å². The van der Waals surface area contributed by atoms with Crippen molar-refractivity contribution in [2.75, 3.05) is 17.6 Å². The van der Waals surface area contributed by atoms with E-state index in [0.29, 0.717) is 11.2 Å².